The number of rotatable bonds is 13. The molecule has 0 saturated carbocycles. The Morgan fingerprint density at radius 1 is 0.808 bits per heavy atom. The molecule has 2 aromatic rings. The number of nitrogens with zero attached hydrogens (tertiary/aromatic N) is 2. The number of pyridine rings is 1. The van der Waals surface area contributed by atoms with Crippen molar-refractivity contribution < 1.29 is 4.74 Å². The van der Waals surface area contributed by atoms with Gasteiger partial charge in [-0.1, -0.05) is 38.5 Å². The Balaban J connectivity index is 1.70. The molecule has 4 heteroatoms. The highest BCUT2D eigenvalue weighted by Crippen LogP contribution is 2.28. The van der Waals surface area contributed by atoms with E-state index in [0.29, 0.717) is 0 Å². The van der Waals surface area contributed by atoms with Gasteiger partial charge in [0.05, 0.1) is 6.61 Å². The van der Waals surface area contributed by atoms with E-state index in [2.05, 4.69) is 48.0 Å². The molecular weight excluding hydrogens is 340 g/mol. The smallest absolute Gasteiger partial charge is 0.119 e. The highest BCUT2D eigenvalue weighted by molar-refractivity contribution is 7.99. The summed E-state index contributed by atoms with van der Waals surface area (Å²) >= 11 is 1.74. The van der Waals surface area contributed by atoms with Gasteiger partial charge < -0.3 is 9.64 Å². The first-order chi connectivity index (χ1) is 12.8. The number of benzene rings is 1. The molecule has 3 nitrogen and oxygen atoms in total. The van der Waals surface area contributed by atoms with Gasteiger partial charge >= 0.3 is 0 Å². The summed E-state index contributed by atoms with van der Waals surface area (Å²) in [7, 11) is 0. The average Bonchev–Trinajstić information content (AvgIpc) is 2.68. The maximum absolute atomic E-state index is 5.92. The maximum Gasteiger partial charge on any atom is 0.119 e. The quantitative estimate of drug-likeness (QED) is 0.409. The average molecular weight is 373 g/mol. The van der Waals surface area contributed by atoms with Crippen LogP contribution in [-0.2, 0) is 0 Å². The minimum atomic E-state index is 0.783. The summed E-state index contributed by atoms with van der Waals surface area (Å²) in [6.07, 6.45) is 9.85. The lowest BCUT2D eigenvalue weighted by Crippen LogP contribution is -2.28. The van der Waals surface area contributed by atoms with Crippen LogP contribution >= 0.6 is 11.8 Å². The first-order valence-corrected chi connectivity index (χ1v) is 10.7. The molecule has 2 rings (SSSR count). The third kappa shape index (κ3) is 8.24. The van der Waals surface area contributed by atoms with Crippen molar-refractivity contribution in [2.45, 2.75) is 55.7 Å². The van der Waals surface area contributed by atoms with Crippen LogP contribution in [0.1, 0.15) is 46.0 Å². The van der Waals surface area contributed by atoms with Crippen molar-refractivity contribution in [1.29, 1.82) is 0 Å². The maximum atomic E-state index is 5.92. The highest BCUT2D eigenvalue weighted by Gasteiger charge is 2.04. The fourth-order valence-electron chi connectivity index (χ4n) is 2.72. The molecule has 0 amide bonds. The SMILES string of the molecule is CCCCN(CCCC)CCCOc1ccc(Sc2ccncc2)cc1. The molecule has 1 aromatic carbocycles. The summed E-state index contributed by atoms with van der Waals surface area (Å²) in [6, 6.07) is 12.4. The van der Waals surface area contributed by atoms with Gasteiger partial charge in [-0.3, -0.25) is 4.98 Å². The van der Waals surface area contributed by atoms with Crippen LogP contribution in [0.4, 0.5) is 0 Å². The molecular formula is C22H32N2OS. The Bertz CT molecular complexity index is 581. The Labute approximate surface area is 163 Å². The van der Waals surface area contributed by atoms with Gasteiger partial charge in [0.25, 0.3) is 0 Å². The zero-order chi connectivity index (χ0) is 18.5. The Morgan fingerprint density at radius 3 is 2.00 bits per heavy atom. The number of hydrogen-bond donors (Lipinski definition) is 0. The van der Waals surface area contributed by atoms with Crippen molar-refractivity contribution in [3.63, 3.8) is 0 Å². The van der Waals surface area contributed by atoms with Crippen LogP contribution in [-0.4, -0.2) is 36.1 Å². The van der Waals surface area contributed by atoms with Gasteiger partial charge in [0.1, 0.15) is 5.75 Å². The molecule has 0 radical (unpaired) electrons. The van der Waals surface area contributed by atoms with E-state index in [1.54, 1.807) is 11.8 Å². The largest absolute Gasteiger partial charge is 0.494 e. The molecule has 0 atom stereocenters. The van der Waals surface area contributed by atoms with E-state index in [0.717, 1.165) is 25.3 Å². The van der Waals surface area contributed by atoms with Crippen molar-refractivity contribution >= 4 is 11.8 Å². The predicted octanol–water partition coefficient (Wildman–Crippen LogP) is 5.90. The zero-order valence-corrected chi connectivity index (χ0v) is 17.0. The standard InChI is InChI=1S/C22H32N2OS/c1-3-5-16-24(17-6-4-2)18-7-19-25-20-8-10-21(11-9-20)26-22-12-14-23-15-13-22/h8-15H,3-7,16-19H2,1-2H3. The topological polar surface area (TPSA) is 25.4 Å². The lowest BCUT2D eigenvalue weighted by atomic mass is 10.2. The van der Waals surface area contributed by atoms with Gasteiger partial charge in [-0.15, -0.1) is 0 Å². The third-order valence-electron chi connectivity index (χ3n) is 4.25. The number of ether oxygens (including phenoxy) is 1. The molecule has 0 fully saturated rings. The highest BCUT2D eigenvalue weighted by atomic mass is 32.2. The van der Waals surface area contributed by atoms with E-state index in [1.165, 1.54) is 48.6 Å². The Hall–Kier alpha value is -1.52. The van der Waals surface area contributed by atoms with Gasteiger partial charge in [0.15, 0.2) is 0 Å². The van der Waals surface area contributed by atoms with Crippen molar-refractivity contribution in [2.24, 2.45) is 0 Å². The molecule has 0 saturated heterocycles. The minimum absolute atomic E-state index is 0.783. The summed E-state index contributed by atoms with van der Waals surface area (Å²) in [4.78, 5) is 9.06. The summed E-state index contributed by atoms with van der Waals surface area (Å²) in [6.45, 7) is 8.88. The van der Waals surface area contributed by atoms with Gasteiger partial charge in [0, 0.05) is 28.7 Å². The van der Waals surface area contributed by atoms with Crippen molar-refractivity contribution in [1.82, 2.24) is 9.88 Å². The molecule has 0 bridgehead atoms. The fourth-order valence-corrected chi connectivity index (χ4v) is 3.53. The predicted molar refractivity (Wildman–Crippen MR) is 111 cm³/mol. The van der Waals surface area contributed by atoms with Crippen molar-refractivity contribution in [2.75, 3.05) is 26.2 Å². The number of unbranched alkanes of at least 4 members (excludes halogenated alkanes) is 2. The first kappa shape index (κ1) is 20.8. The molecule has 142 valence electrons. The van der Waals surface area contributed by atoms with E-state index >= 15 is 0 Å². The van der Waals surface area contributed by atoms with Crippen LogP contribution in [0.2, 0.25) is 0 Å². The monoisotopic (exact) mass is 372 g/mol. The molecule has 0 aliphatic heterocycles. The van der Waals surface area contributed by atoms with Gasteiger partial charge in [-0.2, -0.15) is 0 Å². The second kappa shape index (κ2) is 12.8. The molecule has 0 aliphatic rings. The summed E-state index contributed by atoms with van der Waals surface area (Å²) in [5.41, 5.74) is 0. The third-order valence-corrected chi connectivity index (χ3v) is 5.27. The molecule has 0 aliphatic carbocycles. The Morgan fingerprint density at radius 2 is 1.38 bits per heavy atom. The second-order valence-electron chi connectivity index (χ2n) is 6.51. The van der Waals surface area contributed by atoms with E-state index in [-0.39, 0.29) is 0 Å². The molecule has 26 heavy (non-hydrogen) atoms. The molecule has 1 aromatic heterocycles. The van der Waals surface area contributed by atoms with Crippen molar-refractivity contribution in [3.8, 4) is 5.75 Å². The van der Waals surface area contributed by atoms with Gasteiger partial charge in [-0.25, -0.2) is 0 Å². The number of aromatic nitrogens is 1. The molecule has 0 spiro atoms. The van der Waals surface area contributed by atoms with E-state index in [1.807, 2.05) is 24.5 Å². The first-order valence-electron chi connectivity index (χ1n) is 9.85. The van der Waals surface area contributed by atoms with Crippen LogP contribution in [0.3, 0.4) is 0 Å². The van der Waals surface area contributed by atoms with Crippen LogP contribution in [0.15, 0.2) is 58.6 Å². The van der Waals surface area contributed by atoms with Crippen LogP contribution < -0.4 is 4.74 Å². The van der Waals surface area contributed by atoms with Crippen LogP contribution in [0.25, 0.3) is 0 Å². The fraction of sp³-hybridized carbons (Fsp3) is 0.500. The molecule has 0 N–H and O–H groups in total. The summed E-state index contributed by atoms with van der Waals surface area (Å²) in [5, 5.41) is 0. The van der Waals surface area contributed by atoms with Gasteiger partial charge in [-0.05, 0) is 68.8 Å². The second-order valence-corrected chi connectivity index (χ2v) is 7.65. The number of hydrogen-bond acceptors (Lipinski definition) is 4. The minimum Gasteiger partial charge on any atom is -0.494 e. The van der Waals surface area contributed by atoms with Crippen molar-refractivity contribution in [3.05, 3.63) is 48.8 Å². The normalized spacial score (nSPS) is 11.0. The Kier molecular flexibility index (Phi) is 10.2. The lowest BCUT2D eigenvalue weighted by Gasteiger charge is -2.21. The van der Waals surface area contributed by atoms with E-state index in [4.69, 9.17) is 4.74 Å². The van der Waals surface area contributed by atoms with Gasteiger partial charge in [0.2, 0.25) is 0 Å². The zero-order valence-electron chi connectivity index (χ0n) is 16.2. The van der Waals surface area contributed by atoms with Crippen LogP contribution in [0, 0.1) is 0 Å². The van der Waals surface area contributed by atoms with Crippen LogP contribution in [0.5, 0.6) is 5.75 Å². The summed E-state index contributed by atoms with van der Waals surface area (Å²) in [5.74, 6) is 0.956. The molecule has 0 unspecified atom stereocenters. The lowest BCUT2D eigenvalue weighted by molar-refractivity contribution is 0.229. The molecule has 1 heterocycles. The van der Waals surface area contributed by atoms with E-state index < -0.39 is 0 Å². The summed E-state index contributed by atoms with van der Waals surface area (Å²) < 4.78 is 5.92. The van der Waals surface area contributed by atoms with E-state index in [9.17, 15) is 0 Å².